The van der Waals surface area contributed by atoms with Gasteiger partial charge in [-0.1, -0.05) is 29.8 Å². The van der Waals surface area contributed by atoms with Gasteiger partial charge in [-0.05, 0) is 5.92 Å². The Morgan fingerprint density at radius 3 is 2.60 bits per heavy atom. The van der Waals surface area contributed by atoms with E-state index in [2.05, 4.69) is 44.6 Å². The van der Waals surface area contributed by atoms with E-state index in [1.165, 1.54) is 0 Å². The van der Waals surface area contributed by atoms with Crippen LogP contribution in [0.25, 0.3) is 0 Å². The molecule has 0 radical (unpaired) electrons. The van der Waals surface area contributed by atoms with Crippen LogP contribution in [0, 0.1) is 5.92 Å². The molecule has 1 fully saturated rings. The van der Waals surface area contributed by atoms with E-state index in [1.807, 2.05) is 0 Å². The van der Waals surface area contributed by atoms with E-state index in [-0.39, 0.29) is 5.56 Å². The van der Waals surface area contributed by atoms with Crippen LogP contribution in [0.5, 0.6) is 0 Å². The fourth-order valence-electron chi connectivity index (χ4n) is 2.49. The Kier molecular flexibility index (Phi) is 5.60. The highest BCUT2D eigenvalue weighted by Crippen LogP contribution is 2.09. The van der Waals surface area contributed by atoms with Gasteiger partial charge < -0.3 is 9.47 Å². The Morgan fingerprint density at radius 1 is 1.30 bits per heavy atom. The van der Waals surface area contributed by atoms with Gasteiger partial charge in [-0.15, -0.1) is 0 Å². The summed E-state index contributed by atoms with van der Waals surface area (Å²) in [7, 11) is 0. The molecule has 0 N–H and O–H groups in total. The quantitative estimate of drug-likeness (QED) is 0.759. The summed E-state index contributed by atoms with van der Waals surface area (Å²) < 4.78 is 1.78. The smallest absolute Gasteiger partial charge is 0.293 e. The first kappa shape index (κ1) is 15.5. The number of hydrogen-bond acceptors (Lipinski definition) is 4. The van der Waals surface area contributed by atoms with E-state index < -0.39 is 0 Å². The molecule has 2 rings (SSSR count). The van der Waals surface area contributed by atoms with E-state index in [4.69, 9.17) is 0 Å². The number of alkyl halides is 1. The molecule has 20 heavy (non-hydrogen) atoms. The minimum Gasteiger partial charge on any atom is -0.349 e. The lowest BCUT2D eigenvalue weighted by atomic mass is 10.2. The normalized spacial score (nSPS) is 16.9. The first-order chi connectivity index (χ1) is 9.61. The van der Waals surface area contributed by atoms with Gasteiger partial charge in [0.2, 0.25) is 0 Å². The summed E-state index contributed by atoms with van der Waals surface area (Å²) >= 11 is 3.47. The van der Waals surface area contributed by atoms with Gasteiger partial charge in [0.25, 0.3) is 5.56 Å². The van der Waals surface area contributed by atoms with Crippen molar-refractivity contribution in [2.24, 2.45) is 5.92 Å². The molecule has 0 aromatic carbocycles. The summed E-state index contributed by atoms with van der Waals surface area (Å²) in [5.74, 6) is 1.06. The van der Waals surface area contributed by atoms with Gasteiger partial charge in [0.05, 0.1) is 0 Å². The second-order valence-corrected chi connectivity index (χ2v) is 6.41. The number of piperazine rings is 1. The lowest BCUT2D eigenvalue weighted by Gasteiger charge is -2.34. The number of aromatic nitrogens is 2. The highest BCUT2D eigenvalue weighted by atomic mass is 79.9. The molecule has 0 amide bonds. The summed E-state index contributed by atoms with van der Waals surface area (Å²) in [5, 5.41) is 0.998. The average molecular weight is 343 g/mol. The largest absolute Gasteiger partial charge is 0.349 e. The number of halogens is 1. The second kappa shape index (κ2) is 7.22. The van der Waals surface area contributed by atoms with Gasteiger partial charge in [0, 0.05) is 57.0 Å². The van der Waals surface area contributed by atoms with Gasteiger partial charge in [-0.3, -0.25) is 9.69 Å². The van der Waals surface area contributed by atoms with Crippen molar-refractivity contribution in [2.45, 2.75) is 20.4 Å². The molecule has 1 aliphatic heterocycles. The molecule has 0 atom stereocenters. The van der Waals surface area contributed by atoms with E-state index in [0.29, 0.717) is 11.7 Å². The van der Waals surface area contributed by atoms with Crippen molar-refractivity contribution in [1.82, 2.24) is 14.5 Å². The molecule has 5 nitrogen and oxygen atoms in total. The molecular formula is C14H23BrN4O. The lowest BCUT2D eigenvalue weighted by Crippen LogP contribution is -2.49. The van der Waals surface area contributed by atoms with Crippen LogP contribution in [0.2, 0.25) is 0 Å². The predicted octanol–water partition coefficient (Wildman–Crippen LogP) is 1.42. The average Bonchev–Trinajstić information content (AvgIpc) is 2.42. The van der Waals surface area contributed by atoms with Gasteiger partial charge in [0.1, 0.15) is 0 Å². The molecule has 1 aliphatic rings. The Bertz CT molecular complexity index is 480. The maximum absolute atomic E-state index is 12.4. The Balaban J connectivity index is 2.08. The number of anilines is 1. The zero-order valence-corrected chi connectivity index (χ0v) is 13.8. The highest BCUT2D eigenvalue weighted by molar-refractivity contribution is 9.09. The van der Waals surface area contributed by atoms with Gasteiger partial charge >= 0.3 is 0 Å². The standard InChI is InChI=1S/C14H23BrN4O/c1-12(2)11-19-6-4-16-13(14(19)20)18-9-7-17(5-3-15)8-10-18/h4,6,12H,3,5,7-11H2,1-2H3. The molecule has 2 heterocycles. The molecule has 0 bridgehead atoms. The first-order valence-corrected chi connectivity index (χ1v) is 8.32. The summed E-state index contributed by atoms with van der Waals surface area (Å²) in [6.45, 7) is 9.78. The van der Waals surface area contributed by atoms with Crippen LogP contribution < -0.4 is 10.5 Å². The minimum absolute atomic E-state index is 0.0372. The SMILES string of the molecule is CC(C)Cn1ccnc(N2CCN(CCBr)CC2)c1=O. The van der Waals surface area contributed by atoms with E-state index >= 15 is 0 Å². The van der Waals surface area contributed by atoms with Gasteiger partial charge in [0.15, 0.2) is 5.82 Å². The molecule has 6 heteroatoms. The number of hydrogen-bond donors (Lipinski definition) is 0. The molecule has 1 aromatic heterocycles. The molecule has 0 saturated carbocycles. The van der Waals surface area contributed by atoms with Crippen molar-refractivity contribution >= 4 is 21.7 Å². The fraction of sp³-hybridized carbons (Fsp3) is 0.714. The van der Waals surface area contributed by atoms with Crippen molar-refractivity contribution in [3.8, 4) is 0 Å². The first-order valence-electron chi connectivity index (χ1n) is 7.20. The van der Waals surface area contributed by atoms with Crippen LogP contribution >= 0.6 is 15.9 Å². The summed E-state index contributed by atoms with van der Waals surface area (Å²) in [5.41, 5.74) is 0.0372. The maximum Gasteiger partial charge on any atom is 0.293 e. The monoisotopic (exact) mass is 342 g/mol. The molecule has 1 aromatic rings. The van der Waals surface area contributed by atoms with Gasteiger partial charge in [-0.2, -0.15) is 0 Å². The summed E-state index contributed by atoms with van der Waals surface area (Å²) in [6.07, 6.45) is 3.52. The zero-order valence-electron chi connectivity index (χ0n) is 12.3. The van der Waals surface area contributed by atoms with Crippen LogP contribution in [-0.4, -0.2) is 52.5 Å². The van der Waals surface area contributed by atoms with E-state index in [1.54, 1.807) is 17.0 Å². The van der Waals surface area contributed by atoms with Crippen LogP contribution in [0.4, 0.5) is 5.82 Å². The third-order valence-corrected chi connectivity index (χ3v) is 3.88. The number of rotatable bonds is 5. The predicted molar refractivity (Wildman–Crippen MR) is 85.8 cm³/mol. The summed E-state index contributed by atoms with van der Waals surface area (Å²) in [6, 6.07) is 0. The molecule has 1 saturated heterocycles. The summed E-state index contributed by atoms with van der Waals surface area (Å²) in [4.78, 5) is 21.3. The lowest BCUT2D eigenvalue weighted by molar-refractivity contribution is 0.273. The third-order valence-electron chi connectivity index (χ3n) is 3.53. The van der Waals surface area contributed by atoms with Crippen LogP contribution in [0.15, 0.2) is 17.2 Å². The van der Waals surface area contributed by atoms with Crippen LogP contribution in [0.3, 0.4) is 0 Å². The van der Waals surface area contributed by atoms with Crippen molar-refractivity contribution in [2.75, 3.05) is 43.0 Å². The van der Waals surface area contributed by atoms with Crippen LogP contribution in [0.1, 0.15) is 13.8 Å². The van der Waals surface area contributed by atoms with Crippen molar-refractivity contribution in [3.63, 3.8) is 0 Å². The Hall–Kier alpha value is -0.880. The highest BCUT2D eigenvalue weighted by Gasteiger charge is 2.20. The van der Waals surface area contributed by atoms with E-state index in [9.17, 15) is 4.79 Å². The fourth-order valence-corrected chi connectivity index (χ4v) is 2.99. The number of nitrogens with zero attached hydrogens (tertiary/aromatic N) is 4. The Morgan fingerprint density at radius 2 is 2.00 bits per heavy atom. The minimum atomic E-state index is 0.0372. The molecule has 0 aliphatic carbocycles. The van der Waals surface area contributed by atoms with Gasteiger partial charge in [-0.25, -0.2) is 4.98 Å². The topological polar surface area (TPSA) is 41.4 Å². The second-order valence-electron chi connectivity index (χ2n) is 5.62. The Labute approximate surface area is 128 Å². The van der Waals surface area contributed by atoms with E-state index in [0.717, 1.165) is 44.6 Å². The van der Waals surface area contributed by atoms with Crippen molar-refractivity contribution in [3.05, 3.63) is 22.7 Å². The molecule has 112 valence electrons. The third kappa shape index (κ3) is 3.82. The van der Waals surface area contributed by atoms with Crippen molar-refractivity contribution in [1.29, 1.82) is 0 Å². The maximum atomic E-state index is 12.4. The molecule has 0 spiro atoms. The zero-order chi connectivity index (χ0) is 14.5. The van der Waals surface area contributed by atoms with Crippen LogP contribution in [-0.2, 0) is 6.54 Å². The molecule has 0 unspecified atom stereocenters. The molecular weight excluding hydrogens is 320 g/mol. The van der Waals surface area contributed by atoms with Crippen molar-refractivity contribution < 1.29 is 0 Å².